The molecule has 0 heterocycles. The molecular formula is C29H58N6. The minimum Gasteiger partial charge on any atom is -0.387 e. The standard InChI is InChI=1S/C29H58N6/c1-22(34-16-8-14-33-12-6-5-11-32-13-7-10-30)28(31)9-3-4-15-35-23(2)29-26-18-24-17-25(20-26)21-27(29)19-24/h23-29,32-35H,1,3-21,30-31H2,2H3/t23?,24?,25?,26?,27?,28-,29?/m1/s1. The molecule has 35 heavy (non-hydrogen) atoms. The van der Waals surface area contributed by atoms with Crippen molar-refractivity contribution in [2.45, 2.75) is 96.1 Å². The van der Waals surface area contributed by atoms with Crippen molar-refractivity contribution in [2.24, 2.45) is 41.1 Å². The van der Waals surface area contributed by atoms with Crippen molar-refractivity contribution in [3.8, 4) is 0 Å². The van der Waals surface area contributed by atoms with Gasteiger partial charge >= 0.3 is 0 Å². The van der Waals surface area contributed by atoms with E-state index in [1.54, 1.807) is 6.42 Å². The molecule has 0 aliphatic heterocycles. The maximum atomic E-state index is 6.38. The molecule has 0 aromatic carbocycles. The number of hydrogen-bond donors (Lipinski definition) is 6. The molecule has 0 radical (unpaired) electrons. The molecule has 0 aromatic rings. The second kappa shape index (κ2) is 16.2. The zero-order valence-corrected chi connectivity index (χ0v) is 22.8. The van der Waals surface area contributed by atoms with Gasteiger partial charge in [-0.15, -0.1) is 0 Å². The Morgan fingerprint density at radius 2 is 1.34 bits per heavy atom. The fraction of sp³-hybridized carbons (Fsp3) is 0.931. The van der Waals surface area contributed by atoms with Gasteiger partial charge in [0, 0.05) is 24.3 Å². The molecule has 0 spiro atoms. The van der Waals surface area contributed by atoms with Crippen LogP contribution >= 0.6 is 0 Å². The van der Waals surface area contributed by atoms with Gasteiger partial charge < -0.3 is 32.7 Å². The number of rotatable bonds is 21. The highest BCUT2D eigenvalue weighted by atomic mass is 14.9. The summed E-state index contributed by atoms with van der Waals surface area (Å²) in [6, 6.07) is 0.749. The molecule has 4 aliphatic rings. The Bertz CT molecular complexity index is 554. The van der Waals surface area contributed by atoms with E-state index < -0.39 is 0 Å². The van der Waals surface area contributed by atoms with Crippen molar-refractivity contribution >= 4 is 0 Å². The second-order valence-electron chi connectivity index (χ2n) is 12.0. The Hall–Kier alpha value is -0.660. The fourth-order valence-electron chi connectivity index (χ4n) is 7.48. The van der Waals surface area contributed by atoms with Crippen LogP contribution in [0.2, 0.25) is 0 Å². The molecule has 0 saturated heterocycles. The van der Waals surface area contributed by atoms with E-state index in [1.165, 1.54) is 51.4 Å². The average molecular weight is 491 g/mol. The summed E-state index contributed by atoms with van der Waals surface area (Å²) in [7, 11) is 0. The number of nitrogens with two attached hydrogens (primary N) is 2. The van der Waals surface area contributed by atoms with Crippen LogP contribution in [-0.2, 0) is 0 Å². The van der Waals surface area contributed by atoms with E-state index in [-0.39, 0.29) is 6.04 Å². The molecule has 4 saturated carbocycles. The largest absolute Gasteiger partial charge is 0.387 e. The quantitative estimate of drug-likeness (QED) is 0.138. The van der Waals surface area contributed by atoms with E-state index in [4.69, 9.17) is 11.5 Å². The number of nitrogens with one attached hydrogen (secondary N) is 4. The first kappa shape index (κ1) is 28.9. The van der Waals surface area contributed by atoms with Gasteiger partial charge in [0.25, 0.3) is 0 Å². The van der Waals surface area contributed by atoms with Crippen LogP contribution in [0.15, 0.2) is 12.3 Å². The van der Waals surface area contributed by atoms with Gasteiger partial charge in [-0.3, -0.25) is 0 Å². The summed E-state index contributed by atoms with van der Waals surface area (Å²) in [5, 5.41) is 14.3. The van der Waals surface area contributed by atoms with Crippen LogP contribution in [0.5, 0.6) is 0 Å². The molecule has 0 aromatic heterocycles. The lowest BCUT2D eigenvalue weighted by molar-refractivity contribution is -0.0491. The molecule has 1 unspecified atom stereocenters. The molecule has 204 valence electrons. The highest BCUT2D eigenvalue weighted by Crippen LogP contribution is 2.57. The summed E-state index contributed by atoms with van der Waals surface area (Å²) in [4.78, 5) is 0. The Balaban J connectivity index is 1.11. The third kappa shape index (κ3) is 9.96. The Labute approximate surface area is 216 Å². The van der Waals surface area contributed by atoms with Crippen LogP contribution in [0.4, 0.5) is 0 Å². The third-order valence-electron chi connectivity index (χ3n) is 9.13. The van der Waals surface area contributed by atoms with Gasteiger partial charge in [0.15, 0.2) is 0 Å². The highest BCUT2D eigenvalue weighted by molar-refractivity contribution is 5.02. The molecule has 2 atom stereocenters. The highest BCUT2D eigenvalue weighted by Gasteiger charge is 2.49. The van der Waals surface area contributed by atoms with Crippen molar-refractivity contribution in [1.82, 2.24) is 21.3 Å². The Morgan fingerprint density at radius 1 is 0.771 bits per heavy atom. The van der Waals surface area contributed by atoms with Gasteiger partial charge in [0.1, 0.15) is 0 Å². The molecule has 4 bridgehead atoms. The predicted octanol–water partition coefficient (Wildman–Crippen LogP) is 3.34. The normalized spacial score (nSPS) is 28.8. The zero-order chi connectivity index (χ0) is 24.9. The second-order valence-corrected chi connectivity index (χ2v) is 12.0. The maximum Gasteiger partial charge on any atom is 0.0438 e. The van der Waals surface area contributed by atoms with Crippen LogP contribution in [0.1, 0.15) is 84.0 Å². The summed E-state index contributed by atoms with van der Waals surface area (Å²) in [6.45, 7) is 13.8. The smallest absolute Gasteiger partial charge is 0.0438 e. The van der Waals surface area contributed by atoms with Gasteiger partial charge in [-0.25, -0.2) is 0 Å². The lowest BCUT2D eigenvalue weighted by atomic mass is 9.50. The molecule has 8 N–H and O–H groups in total. The number of hydrogen-bond acceptors (Lipinski definition) is 6. The predicted molar refractivity (Wildman–Crippen MR) is 150 cm³/mol. The summed E-state index contributed by atoms with van der Waals surface area (Å²) in [6.07, 6.45) is 15.7. The van der Waals surface area contributed by atoms with E-state index in [9.17, 15) is 0 Å². The van der Waals surface area contributed by atoms with Crippen LogP contribution in [-0.4, -0.2) is 57.9 Å². The first-order chi connectivity index (χ1) is 17.1. The fourth-order valence-corrected chi connectivity index (χ4v) is 7.48. The van der Waals surface area contributed by atoms with Crippen molar-refractivity contribution in [3.05, 3.63) is 12.3 Å². The molecular weight excluding hydrogens is 432 g/mol. The monoisotopic (exact) mass is 490 g/mol. The van der Waals surface area contributed by atoms with Crippen LogP contribution < -0.4 is 32.7 Å². The summed E-state index contributed by atoms with van der Waals surface area (Å²) in [5.74, 6) is 5.11. The summed E-state index contributed by atoms with van der Waals surface area (Å²) in [5.41, 5.74) is 12.9. The van der Waals surface area contributed by atoms with Crippen LogP contribution in [0, 0.1) is 29.6 Å². The minimum absolute atomic E-state index is 0.0663. The molecule has 6 heteroatoms. The summed E-state index contributed by atoms with van der Waals surface area (Å²) >= 11 is 0. The van der Waals surface area contributed by atoms with Gasteiger partial charge in [-0.2, -0.15) is 0 Å². The lowest BCUT2D eigenvalue weighted by Crippen LogP contribution is -2.52. The Morgan fingerprint density at radius 3 is 1.97 bits per heavy atom. The van der Waals surface area contributed by atoms with Gasteiger partial charge in [-0.1, -0.05) is 13.0 Å². The molecule has 6 nitrogen and oxygen atoms in total. The van der Waals surface area contributed by atoms with E-state index in [2.05, 4.69) is 34.8 Å². The molecule has 4 aliphatic carbocycles. The van der Waals surface area contributed by atoms with Crippen molar-refractivity contribution in [1.29, 1.82) is 0 Å². The minimum atomic E-state index is 0.0663. The van der Waals surface area contributed by atoms with E-state index >= 15 is 0 Å². The molecule has 4 fully saturated rings. The van der Waals surface area contributed by atoms with Crippen LogP contribution in [0.3, 0.4) is 0 Å². The van der Waals surface area contributed by atoms with Gasteiger partial charge in [-0.05, 0) is 146 Å². The van der Waals surface area contributed by atoms with Crippen molar-refractivity contribution in [2.75, 3.05) is 45.8 Å². The average Bonchev–Trinajstić information content (AvgIpc) is 2.83. The first-order valence-corrected chi connectivity index (χ1v) is 15.1. The van der Waals surface area contributed by atoms with E-state index in [0.29, 0.717) is 6.04 Å². The van der Waals surface area contributed by atoms with Gasteiger partial charge in [0.2, 0.25) is 0 Å². The first-order valence-electron chi connectivity index (χ1n) is 15.1. The number of unbranched alkanes of at least 4 members (excludes halogenated alkanes) is 2. The molecule has 4 rings (SSSR count). The zero-order valence-electron chi connectivity index (χ0n) is 22.8. The van der Waals surface area contributed by atoms with Crippen molar-refractivity contribution in [3.63, 3.8) is 0 Å². The molecule has 0 amide bonds. The van der Waals surface area contributed by atoms with E-state index in [1.807, 2.05) is 0 Å². The Kier molecular flexibility index (Phi) is 13.4. The van der Waals surface area contributed by atoms with E-state index in [0.717, 1.165) is 100 Å². The van der Waals surface area contributed by atoms with Crippen LogP contribution in [0.25, 0.3) is 0 Å². The van der Waals surface area contributed by atoms with Gasteiger partial charge in [0.05, 0.1) is 0 Å². The third-order valence-corrected chi connectivity index (χ3v) is 9.13. The SMILES string of the molecule is C=C(NCCCNCCCCNCCCN)[C@H](N)CCCCNC(C)C1C2CC3CC(C2)CC1C3. The topological polar surface area (TPSA) is 100 Å². The maximum absolute atomic E-state index is 6.38. The summed E-state index contributed by atoms with van der Waals surface area (Å²) < 4.78 is 0. The van der Waals surface area contributed by atoms with Crippen molar-refractivity contribution < 1.29 is 0 Å². The lowest BCUT2D eigenvalue weighted by Gasteiger charge is -2.56.